The first-order valence-corrected chi connectivity index (χ1v) is 11.6. The van der Waals surface area contributed by atoms with Crippen LogP contribution in [-0.2, 0) is 20.9 Å². The molecule has 32 heavy (non-hydrogen) atoms. The van der Waals surface area contributed by atoms with E-state index in [1.54, 1.807) is 0 Å². The van der Waals surface area contributed by atoms with Gasteiger partial charge in [-0.25, -0.2) is 0 Å². The molecule has 0 N–H and O–H groups in total. The predicted molar refractivity (Wildman–Crippen MR) is 128 cm³/mol. The van der Waals surface area contributed by atoms with Crippen LogP contribution >= 0.6 is 0 Å². The van der Waals surface area contributed by atoms with Gasteiger partial charge in [-0.3, -0.25) is 14.5 Å². The molecule has 170 valence electrons. The number of aryl methyl sites for hydroxylation is 1. The zero-order valence-electron chi connectivity index (χ0n) is 19.5. The van der Waals surface area contributed by atoms with Crippen LogP contribution in [0.25, 0.3) is 5.57 Å². The van der Waals surface area contributed by atoms with Gasteiger partial charge in [0.2, 0.25) is 0 Å². The van der Waals surface area contributed by atoms with Gasteiger partial charge < -0.3 is 9.64 Å². The number of unbranched alkanes of at least 4 members (excludes halogenated alkanes) is 1. The average molecular weight is 435 g/mol. The number of benzene rings is 2. The van der Waals surface area contributed by atoms with E-state index in [-0.39, 0.29) is 11.8 Å². The van der Waals surface area contributed by atoms with Gasteiger partial charge in [-0.15, -0.1) is 0 Å². The maximum absolute atomic E-state index is 13.5. The van der Waals surface area contributed by atoms with Gasteiger partial charge in [-0.1, -0.05) is 73.5 Å². The quantitative estimate of drug-likeness (QED) is 0.356. The Kier molecular flexibility index (Phi) is 8.63. The monoisotopic (exact) mass is 434 g/mol. The number of likely N-dealkylation sites (N-methyl/N-ethyl adjacent to an activating group) is 1. The van der Waals surface area contributed by atoms with Crippen molar-refractivity contribution in [1.29, 1.82) is 0 Å². The lowest BCUT2D eigenvalue weighted by atomic mass is 10.0. The van der Waals surface area contributed by atoms with E-state index < -0.39 is 0 Å². The molecule has 1 aliphatic heterocycles. The van der Waals surface area contributed by atoms with E-state index >= 15 is 0 Å². The van der Waals surface area contributed by atoms with Crippen LogP contribution in [0.4, 0.5) is 0 Å². The molecular weight excluding hydrogens is 400 g/mol. The molecule has 0 saturated carbocycles. The fourth-order valence-electron chi connectivity index (χ4n) is 3.87. The van der Waals surface area contributed by atoms with Crippen LogP contribution in [-0.4, -0.2) is 47.9 Å². The van der Waals surface area contributed by atoms with E-state index in [4.69, 9.17) is 4.74 Å². The van der Waals surface area contributed by atoms with E-state index in [1.807, 2.05) is 73.3 Å². The highest BCUT2D eigenvalue weighted by Crippen LogP contribution is 2.32. The molecule has 2 amide bonds. The molecule has 5 heteroatoms. The number of rotatable bonds is 12. The summed E-state index contributed by atoms with van der Waals surface area (Å²) in [6, 6.07) is 17.9. The van der Waals surface area contributed by atoms with Crippen LogP contribution < -0.4 is 0 Å². The van der Waals surface area contributed by atoms with Gasteiger partial charge in [0, 0.05) is 32.8 Å². The van der Waals surface area contributed by atoms with Gasteiger partial charge in [0.1, 0.15) is 5.70 Å². The summed E-state index contributed by atoms with van der Waals surface area (Å²) >= 11 is 0. The van der Waals surface area contributed by atoms with Crippen LogP contribution in [0.5, 0.6) is 0 Å². The van der Waals surface area contributed by atoms with Crippen molar-refractivity contribution in [2.75, 3.05) is 26.3 Å². The van der Waals surface area contributed by atoms with E-state index in [0.29, 0.717) is 43.9 Å². The van der Waals surface area contributed by atoms with Gasteiger partial charge in [-0.2, -0.15) is 0 Å². The second-order valence-corrected chi connectivity index (χ2v) is 8.17. The first-order valence-electron chi connectivity index (χ1n) is 11.6. The molecule has 0 atom stereocenters. The topological polar surface area (TPSA) is 49.9 Å². The van der Waals surface area contributed by atoms with Crippen LogP contribution in [0.3, 0.4) is 0 Å². The Labute approximate surface area is 191 Å². The Hall–Kier alpha value is -2.92. The van der Waals surface area contributed by atoms with E-state index in [2.05, 4.69) is 6.92 Å². The fourth-order valence-corrected chi connectivity index (χ4v) is 3.87. The lowest BCUT2D eigenvalue weighted by molar-refractivity contribution is -0.137. The largest absolute Gasteiger partial charge is 0.381 e. The minimum Gasteiger partial charge on any atom is -0.381 e. The van der Waals surface area contributed by atoms with Gasteiger partial charge in [0.05, 0.1) is 5.57 Å². The molecule has 2 aromatic rings. The van der Waals surface area contributed by atoms with E-state index in [1.165, 1.54) is 4.90 Å². The number of amides is 2. The third kappa shape index (κ3) is 5.65. The van der Waals surface area contributed by atoms with Crippen molar-refractivity contribution in [2.45, 2.75) is 46.6 Å². The number of hydrogen-bond acceptors (Lipinski definition) is 4. The maximum Gasteiger partial charge on any atom is 0.277 e. The zero-order chi connectivity index (χ0) is 22.9. The highest BCUT2D eigenvalue weighted by Gasteiger charge is 2.40. The number of hydrogen-bond donors (Lipinski definition) is 0. The fraction of sp³-hybridized carbons (Fsp3) is 0.407. The molecule has 0 fully saturated rings. The summed E-state index contributed by atoms with van der Waals surface area (Å²) in [5, 5.41) is 0. The summed E-state index contributed by atoms with van der Waals surface area (Å²) in [5.74, 6) is -0.425. The zero-order valence-corrected chi connectivity index (χ0v) is 19.5. The standard InChI is InChI=1S/C27H34N2O3/c1-4-6-18-32-19-10-17-29-26(30)24(23-15-13-21(3)14-16-23)25(27(29)31)28(5-2)20-22-11-8-7-9-12-22/h7-9,11-16H,4-6,10,17-20H2,1-3H3. The van der Waals surface area contributed by atoms with Crippen LogP contribution in [0.2, 0.25) is 0 Å². The number of imide groups is 1. The Balaban J connectivity index is 1.86. The van der Waals surface area contributed by atoms with E-state index in [0.717, 1.165) is 36.1 Å². The van der Waals surface area contributed by atoms with Crippen LogP contribution in [0.1, 0.15) is 49.8 Å². The van der Waals surface area contributed by atoms with Crippen molar-refractivity contribution in [3.63, 3.8) is 0 Å². The summed E-state index contributed by atoms with van der Waals surface area (Å²) in [5.41, 5.74) is 4.01. The molecule has 0 spiro atoms. The average Bonchev–Trinajstić information content (AvgIpc) is 3.05. The third-order valence-electron chi connectivity index (χ3n) is 5.71. The van der Waals surface area contributed by atoms with Crippen LogP contribution in [0.15, 0.2) is 60.3 Å². The maximum atomic E-state index is 13.5. The molecule has 1 heterocycles. The number of nitrogens with zero attached hydrogens (tertiary/aromatic N) is 2. The smallest absolute Gasteiger partial charge is 0.277 e. The van der Waals surface area contributed by atoms with Crippen molar-refractivity contribution in [2.24, 2.45) is 0 Å². The number of ether oxygens (including phenoxy) is 1. The highest BCUT2D eigenvalue weighted by molar-refractivity contribution is 6.35. The Bertz CT molecular complexity index is 935. The van der Waals surface area contributed by atoms with Crippen molar-refractivity contribution in [3.8, 4) is 0 Å². The normalized spacial score (nSPS) is 13.9. The lowest BCUT2D eigenvalue weighted by Crippen LogP contribution is -2.36. The van der Waals surface area contributed by atoms with Gasteiger partial charge in [0.15, 0.2) is 0 Å². The van der Waals surface area contributed by atoms with Gasteiger partial charge in [0.25, 0.3) is 11.8 Å². The molecule has 0 saturated heterocycles. The highest BCUT2D eigenvalue weighted by atomic mass is 16.5. The third-order valence-corrected chi connectivity index (χ3v) is 5.71. The van der Waals surface area contributed by atoms with Gasteiger partial charge >= 0.3 is 0 Å². The van der Waals surface area contributed by atoms with Crippen molar-refractivity contribution in [3.05, 3.63) is 77.0 Å². The molecule has 5 nitrogen and oxygen atoms in total. The first-order chi connectivity index (χ1) is 15.6. The molecule has 1 aliphatic rings. The molecular formula is C27H34N2O3. The number of carbonyl (C=O) groups excluding carboxylic acids is 2. The van der Waals surface area contributed by atoms with Crippen LogP contribution in [0, 0.1) is 6.92 Å². The second-order valence-electron chi connectivity index (χ2n) is 8.17. The second kappa shape index (κ2) is 11.6. The first kappa shape index (κ1) is 23.7. The van der Waals surface area contributed by atoms with Crippen molar-refractivity contribution < 1.29 is 14.3 Å². The van der Waals surface area contributed by atoms with Gasteiger partial charge in [-0.05, 0) is 37.8 Å². The Morgan fingerprint density at radius 3 is 2.22 bits per heavy atom. The van der Waals surface area contributed by atoms with Crippen molar-refractivity contribution >= 4 is 17.4 Å². The molecule has 0 radical (unpaired) electrons. The molecule has 0 unspecified atom stereocenters. The Morgan fingerprint density at radius 1 is 0.875 bits per heavy atom. The van der Waals surface area contributed by atoms with E-state index in [9.17, 15) is 9.59 Å². The predicted octanol–water partition coefficient (Wildman–Crippen LogP) is 4.80. The minimum atomic E-state index is -0.214. The van der Waals surface area contributed by atoms with Crippen molar-refractivity contribution in [1.82, 2.24) is 9.80 Å². The summed E-state index contributed by atoms with van der Waals surface area (Å²) in [6.45, 7) is 9.00. The molecule has 0 bridgehead atoms. The minimum absolute atomic E-state index is 0.211. The molecule has 3 rings (SSSR count). The SMILES string of the molecule is CCCCOCCCN1C(=O)C(c2ccc(C)cc2)=C(N(CC)Cc2ccccc2)C1=O. The summed E-state index contributed by atoms with van der Waals surface area (Å²) in [7, 11) is 0. The number of carbonyl (C=O) groups is 2. The summed E-state index contributed by atoms with van der Waals surface area (Å²) in [6.07, 6.45) is 2.75. The summed E-state index contributed by atoms with van der Waals surface area (Å²) < 4.78 is 5.63. The Morgan fingerprint density at radius 2 is 1.56 bits per heavy atom. The summed E-state index contributed by atoms with van der Waals surface area (Å²) in [4.78, 5) is 30.3. The molecule has 2 aromatic carbocycles. The molecule has 0 aromatic heterocycles. The lowest BCUT2D eigenvalue weighted by Gasteiger charge is -2.25. The molecule has 0 aliphatic carbocycles.